The number of aromatic nitrogens is 2. The van der Waals surface area contributed by atoms with Gasteiger partial charge in [-0.3, -0.25) is 4.79 Å². The molecule has 76 valence electrons. The number of H-pyrrole nitrogens is 1. The first-order valence-corrected chi connectivity index (χ1v) is 4.98. The largest absolute Gasteiger partial charge is 0.426 e. The molecule has 0 spiro atoms. The molecular formula is C11H10N2O2. The Morgan fingerprint density at radius 3 is 3.13 bits per heavy atom. The highest BCUT2D eigenvalue weighted by atomic mass is 16.5. The van der Waals surface area contributed by atoms with Crippen LogP contribution >= 0.6 is 0 Å². The molecule has 15 heavy (non-hydrogen) atoms. The minimum Gasteiger partial charge on any atom is -0.426 e. The number of ether oxygens (including phenoxy) is 1. The Kier molecular flexibility index (Phi) is 1.74. The van der Waals surface area contributed by atoms with Crippen molar-refractivity contribution < 1.29 is 9.53 Å². The molecule has 0 amide bonds. The van der Waals surface area contributed by atoms with Crippen molar-refractivity contribution in [2.45, 2.75) is 12.8 Å². The van der Waals surface area contributed by atoms with Crippen molar-refractivity contribution >= 4 is 17.0 Å². The standard InChI is InChI=1S/C11H10N2O2/c14-11(7-1-2-7)15-8-3-4-9-10(5-8)13-6-12-9/h3-7H,1-2H2,(H,12,13). The quantitative estimate of drug-likeness (QED) is 0.597. The number of nitrogens with zero attached hydrogens (tertiary/aromatic N) is 1. The third kappa shape index (κ3) is 1.58. The summed E-state index contributed by atoms with van der Waals surface area (Å²) in [6.07, 6.45) is 3.55. The van der Waals surface area contributed by atoms with Gasteiger partial charge in [-0.15, -0.1) is 0 Å². The van der Waals surface area contributed by atoms with Crippen LogP contribution in [0.5, 0.6) is 5.75 Å². The van der Waals surface area contributed by atoms with E-state index < -0.39 is 0 Å². The van der Waals surface area contributed by atoms with Gasteiger partial charge in [0.1, 0.15) is 5.75 Å². The maximum Gasteiger partial charge on any atom is 0.314 e. The van der Waals surface area contributed by atoms with Crippen LogP contribution in [0.4, 0.5) is 0 Å². The van der Waals surface area contributed by atoms with Gasteiger partial charge >= 0.3 is 5.97 Å². The van der Waals surface area contributed by atoms with Crippen molar-refractivity contribution in [3.8, 4) is 5.75 Å². The van der Waals surface area contributed by atoms with Gasteiger partial charge in [-0.25, -0.2) is 4.98 Å². The SMILES string of the molecule is O=C(Oc1ccc2nc[nH]c2c1)C1CC1. The van der Waals surface area contributed by atoms with E-state index in [0.29, 0.717) is 5.75 Å². The van der Waals surface area contributed by atoms with E-state index in [9.17, 15) is 4.79 Å². The number of nitrogens with one attached hydrogen (secondary N) is 1. The maximum atomic E-state index is 11.4. The van der Waals surface area contributed by atoms with Gasteiger partial charge in [0.25, 0.3) is 0 Å². The van der Waals surface area contributed by atoms with E-state index in [4.69, 9.17) is 4.74 Å². The monoisotopic (exact) mass is 202 g/mol. The average molecular weight is 202 g/mol. The van der Waals surface area contributed by atoms with Crippen LogP contribution in [0.3, 0.4) is 0 Å². The van der Waals surface area contributed by atoms with Crippen LogP contribution in [-0.4, -0.2) is 15.9 Å². The normalized spacial score (nSPS) is 15.5. The van der Waals surface area contributed by atoms with Crippen LogP contribution in [0.2, 0.25) is 0 Å². The molecule has 4 heteroatoms. The van der Waals surface area contributed by atoms with Crippen LogP contribution in [0.15, 0.2) is 24.5 Å². The molecule has 1 saturated carbocycles. The van der Waals surface area contributed by atoms with Crippen molar-refractivity contribution in [2.24, 2.45) is 5.92 Å². The summed E-state index contributed by atoms with van der Waals surface area (Å²) in [5.41, 5.74) is 1.76. The first-order valence-electron chi connectivity index (χ1n) is 4.98. The van der Waals surface area contributed by atoms with Crippen LogP contribution in [0.1, 0.15) is 12.8 Å². The molecule has 1 aromatic carbocycles. The van der Waals surface area contributed by atoms with Crippen LogP contribution in [-0.2, 0) is 4.79 Å². The molecule has 0 unspecified atom stereocenters. The molecule has 0 aliphatic heterocycles. The number of benzene rings is 1. The summed E-state index contributed by atoms with van der Waals surface area (Å²) in [6.45, 7) is 0. The van der Waals surface area contributed by atoms with Crippen molar-refractivity contribution in [2.75, 3.05) is 0 Å². The zero-order valence-electron chi connectivity index (χ0n) is 8.06. The molecule has 1 heterocycles. The number of carbonyl (C=O) groups excluding carboxylic acids is 1. The molecule has 1 fully saturated rings. The van der Waals surface area contributed by atoms with E-state index >= 15 is 0 Å². The lowest BCUT2D eigenvalue weighted by Gasteiger charge is -2.02. The summed E-state index contributed by atoms with van der Waals surface area (Å²) < 4.78 is 5.23. The zero-order chi connectivity index (χ0) is 10.3. The summed E-state index contributed by atoms with van der Waals surface area (Å²) in [4.78, 5) is 18.5. The molecule has 3 rings (SSSR count). The maximum absolute atomic E-state index is 11.4. The lowest BCUT2D eigenvalue weighted by Crippen LogP contribution is -2.09. The van der Waals surface area contributed by atoms with Gasteiger partial charge in [-0.05, 0) is 25.0 Å². The molecule has 4 nitrogen and oxygen atoms in total. The van der Waals surface area contributed by atoms with E-state index in [1.807, 2.05) is 6.07 Å². The van der Waals surface area contributed by atoms with Crippen LogP contribution in [0.25, 0.3) is 11.0 Å². The smallest absolute Gasteiger partial charge is 0.314 e. The van der Waals surface area contributed by atoms with Gasteiger partial charge in [0.05, 0.1) is 23.3 Å². The predicted octanol–water partition coefficient (Wildman–Crippen LogP) is 1.88. The van der Waals surface area contributed by atoms with E-state index in [-0.39, 0.29) is 11.9 Å². The second-order valence-corrected chi connectivity index (χ2v) is 3.78. The van der Waals surface area contributed by atoms with Crippen molar-refractivity contribution in [1.82, 2.24) is 9.97 Å². The molecule has 0 atom stereocenters. The summed E-state index contributed by atoms with van der Waals surface area (Å²) in [7, 11) is 0. The molecule has 1 N–H and O–H groups in total. The molecule has 0 bridgehead atoms. The van der Waals surface area contributed by atoms with Crippen molar-refractivity contribution in [3.05, 3.63) is 24.5 Å². The molecule has 0 radical (unpaired) electrons. The Labute approximate surface area is 86.3 Å². The predicted molar refractivity (Wildman–Crippen MR) is 54.5 cm³/mol. The van der Waals surface area contributed by atoms with Gasteiger partial charge in [0.15, 0.2) is 0 Å². The summed E-state index contributed by atoms with van der Waals surface area (Å²) in [5, 5.41) is 0. The van der Waals surface area contributed by atoms with Gasteiger partial charge in [0.2, 0.25) is 0 Å². The number of carbonyl (C=O) groups is 1. The number of esters is 1. The highest BCUT2D eigenvalue weighted by Crippen LogP contribution is 2.31. The van der Waals surface area contributed by atoms with Gasteiger partial charge in [0, 0.05) is 6.07 Å². The first kappa shape index (κ1) is 8.47. The number of rotatable bonds is 2. The molecule has 0 saturated heterocycles. The highest BCUT2D eigenvalue weighted by Gasteiger charge is 2.31. The Balaban J connectivity index is 1.86. The summed E-state index contributed by atoms with van der Waals surface area (Å²) >= 11 is 0. The van der Waals surface area contributed by atoms with Gasteiger partial charge in [-0.2, -0.15) is 0 Å². The van der Waals surface area contributed by atoms with Gasteiger partial charge in [-0.1, -0.05) is 0 Å². The number of aromatic amines is 1. The Morgan fingerprint density at radius 2 is 2.33 bits per heavy atom. The fourth-order valence-electron chi connectivity index (χ4n) is 1.50. The Hall–Kier alpha value is -1.84. The second kappa shape index (κ2) is 3.08. The second-order valence-electron chi connectivity index (χ2n) is 3.78. The van der Waals surface area contributed by atoms with E-state index in [1.54, 1.807) is 18.5 Å². The Bertz CT molecular complexity index is 514. The fourth-order valence-corrected chi connectivity index (χ4v) is 1.50. The van der Waals surface area contributed by atoms with Crippen LogP contribution in [0, 0.1) is 5.92 Å². The van der Waals surface area contributed by atoms with Crippen LogP contribution < -0.4 is 4.74 Å². The van der Waals surface area contributed by atoms with E-state index in [2.05, 4.69) is 9.97 Å². The summed E-state index contributed by atoms with van der Waals surface area (Å²) in [5.74, 6) is 0.597. The van der Waals surface area contributed by atoms with Gasteiger partial charge < -0.3 is 9.72 Å². The number of hydrogen-bond donors (Lipinski definition) is 1. The molecule has 1 aliphatic rings. The minimum atomic E-state index is -0.117. The lowest BCUT2D eigenvalue weighted by atomic mass is 10.3. The molecule has 1 aromatic heterocycles. The van der Waals surface area contributed by atoms with Crippen molar-refractivity contribution in [1.29, 1.82) is 0 Å². The van der Waals surface area contributed by atoms with E-state index in [0.717, 1.165) is 23.9 Å². The first-order chi connectivity index (χ1) is 7.33. The number of imidazole rings is 1. The molecule has 2 aromatic rings. The number of hydrogen-bond acceptors (Lipinski definition) is 3. The third-order valence-corrected chi connectivity index (χ3v) is 2.52. The Morgan fingerprint density at radius 1 is 1.47 bits per heavy atom. The lowest BCUT2D eigenvalue weighted by molar-refractivity contribution is -0.135. The zero-order valence-corrected chi connectivity index (χ0v) is 8.06. The minimum absolute atomic E-state index is 0.117. The fraction of sp³-hybridized carbons (Fsp3) is 0.273. The average Bonchev–Trinajstić information content (AvgIpc) is 2.98. The topological polar surface area (TPSA) is 55.0 Å². The molecular weight excluding hydrogens is 192 g/mol. The number of fused-ring (bicyclic) bond motifs is 1. The third-order valence-electron chi connectivity index (χ3n) is 2.52. The van der Waals surface area contributed by atoms with Crippen molar-refractivity contribution in [3.63, 3.8) is 0 Å². The van der Waals surface area contributed by atoms with E-state index in [1.165, 1.54) is 0 Å². The highest BCUT2D eigenvalue weighted by molar-refractivity contribution is 5.80. The summed E-state index contributed by atoms with van der Waals surface area (Å²) in [6, 6.07) is 5.40. The molecule has 1 aliphatic carbocycles.